The van der Waals surface area contributed by atoms with Crippen LogP contribution in [0.15, 0.2) is 110 Å². The van der Waals surface area contributed by atoms with Gasteiger partial charge >= 0.3 is 0 Å². The van der Waals surface area contributed by atoms with E-state index in [0.717, 1.165) is 25.9 Å². The third kappa shape index (κ3) is 5.41. The Labute approximate surface area is 188 Å². The Balaban J connectivity index is 1.25. The van der Waals surface area contributed by atoms with Crippen LogP contribution in [0, 0.1) is 0 Å². The first-order valence-corrected chi connectivity index (χ1v) is 10.9. The van der Waals surface area contributed by atoms with Gasteiger partial charge < -0.3 is 0 Å². The van der Waals surface area contributed by atoms with Crippen molar-refractivity contribution in [1.29, 1.82) is 0 Å². The highest BCUT2D eigenvalue weighted by Gasteiger charge is 2.12. The first-order valence-electron chi connectivity index (χ1n) is 10.9. The van der Waals surface area contributed by atoms with Gasteiger partial charge in [0.1, 0.15) is 13.1 Å². The maximum Gasteiger partial charge on any atom is 0.193 e. The van der Waals surface area contributed by atoms with Crippen molar-refractivity contribution in [3.8, 4) is 0 Å². The standard InChI is InChI=1S/C28H26N2O2/c31-27(23-9-3-1-4-10-23)25-13-19-29(20-14-25)17-7-8-18-30-21-15-26(16-22-30)28(32)24-11-5-2-6-12-24/h1-6,9-16,19-22H,7-8,17-18H2/q+2. The number of benzene rings is 2. The first kappa shape index (κ1) is 21.3. The lowest BCUT2D eigenvalue weighted by molar-refractivity contribution is -0.708. The summed E-state index contributed by atoms with van der Waals surface area (Å²) >= 11 is 0. The fraction of sp³-hybridized carbons (Fsp3) is 0.143. The van der Waals surface area contributed by atoms with Crippen LogP contribution in [0.4, 0.5) is 0 Å². The lowest BCUT2D eigenvalue weighted by atomic mass is 10.0. The van der Waals surface area contributed by atoms with Gasteiger partial charge in [-0.3, -0.25) is 9.59 Å². The Bertz CT molecular complexity index is 1070. The molecule has 32 heavy (non-hydrogen) atoms. The second-order valence-corrected chi connectivity index (χ2v) is 7.75. The summed E-state index contributed by atoms with van der Waals surface area (Å²) in [4.78, 5) is 25.0. The van der Waals surface area contributed by atoms with E-state index in [1.807, 2.05) is 110 Å². The van der Waals surface area contributed by atoms with Gasteiger partial charge in [-0.05, 0) is 0 Å². The summed E-state index contributed by atoms with van der Waals surface area (Å²) in [6, 6.07) is 26.2. The van der Waals surface area contributed by atoms with E-state index in [-0.39, 0.29) is 11.6 Å². The molecule has 0 atom stereocenters. The number of aryl methyl sites for hydroxylation is 2. The molecule has 4 nitrogen and oxygen atoms in total. The van der Waals surface area contributed by atoms with E-state index in [1.165, 1.54) is 0 Å². The molecule has 0 saturated heterocycles. The number of nitrogens with zero attached hydrogens (tertiary/aromatic N) is 2. The Morgan fingerprint density at radius 1 is 0.469 bits per heavy atom. The highest BCUT2D eigenvalue weighted by molar-refractivity contribution is 6.09. The van der Waals surface area contributed by atoms with Crippen LogP contribution in [0.3, 0.4) is 0 Å². The quantitative estimate of drug-likeness (QED) is 0.230. The minimum atomic E-state index is 0.0448. The van der Waals surface area contributed by atoms with Crippen molar-refractivity contribution in [3.63, 3.8) is 0 Å². The highest BCUT2D eigenvalue weighted by atomic mass is 16.1. The van der Waals surface area contributed by atoms with Gasteiger partial charge in [0.25, 0.3) is 0 Å². The van der Waals surface area contributed by atoms with Gasteiger partial charge in [-0.1, -0.05) is 60.7 Å². The van der Waals surface area contributed by atoms with Crippen molar-refractivity contribution < 1.29 is 18.7 Å². The predicted molar refractivity (Wildman–Crippen MR) is 122 cm³/mol. The van der Waals surface area contributed by atoms with Crippen LogP contribution >= 0.6 is 0 Å². The number of hydrogen-bond donors (Lipinski definition) is 0. The van der Waals surface area contributed by atoms with E-state index in [9.17, 15) is 9.59 Å². The molecule has 158 valence electrons. The molecule has 2 aromatic carbocycles. The average Bonchev–Trinajstić information content (AvgIpc) is 2.87. The van der Waals surface area contributed by atoms with Crippen molar-refractivity contribution in [2.45, 2.75) is 25.9 Å². The van der Waals surface area contributed by atoms with Crippen LogP contribution in [-0.2, 0) is 13.1 Å². The maximum absolute atomic E-state index is 12.5. The normalized spacial score (nSPS) is 10.6. The monoisotopic (exact) mass is 422 g/mol. The molecule has 2 heterocycles. The van der Waals surface area contributed by atoms with Crippen molar-refractivity contribution in [1.82, 2.24) is 0 Å². The molecule has 2 aromatic heterocycles. The lowest BCUT2D eigenvalue weighted by Crippen LogP contribution is -2.35. The van der Waals surface area contributed by atoms with Crippen LogP contribution in [0.2, 0.25) is 0 Å². The summed E-state index contributed by atoms with van der Waals surface area (Å²) in [6.07, 6.45) is 9.91. The van der Waals surface area contributed by atoms with Crippen LogP contribution in [0.25, 0.3) is 0 Å². The van der Waals surface area contributed by atoms with E-state index < -0.39 is 0 Å². The summed E-state index contributed by atoms with van der Waals surface area (Å²) < 4.78 is 4.21. The number of carbonyl (C=O) groups excluding carboxylic acids is 2. The molecular weight excluding hydrogens is 396 g/mol. The van der Waals surface area contributed by atoms with Crippen molar-refractivity contribution in [2.24, 2.45) is 0 Å². The highest BCUT2D eigenvalue weighted by Crippen LogP contribution is 2.09. The summed E-state index contributed by atoms with van der Waals surface area (Å²) in [7, 11) is 0. The average molecular weight is 423 g/mol. The van der Waals surface area contributed by atoms with Gasteiger partial charge in [-0.25, -0.2) is 9.13 Å². The van der Waals surface area contributed by atoms with Crippen LogP contribution in [0.1, 0.15) is 44.7 Å². The van der Waals surface area contributed by atoms with E-state index in [0.29, 0.717) is 22.3 Å². The van der Waals surface area contributed by atoms with Crippen LogP contribution < -0.4 is 9.13 Å². The summed E-state index contributed by atoms with van der Waals surface area (Å²) in [5.74, 6) is 0.0895. The van der Waals surface area contributed by atoms with Crippen molar-refractivity contribution >= 4 is 11.6 Å². The third-order valence-corrected chi connectivity index (χ3v) is 5.46. The molecule has 0 aliphatic heterocycles. The molecule has 0 saturated carbocycles. The van der Waals surface area contributed by atoms with Gasteiger partial charge in [-0.15, -0.1) is 0 Å². The SMILES string of the molecule is O=C(c1ccccc1)c1cc[n+](CCCC[n+]2ccc(C(=O)c3ccccc3)cc2)cc1. The van der Waals surface area contributed by atoms with E-state index in [2.05, 4.69) is 9.13 Å². The summed E-state index contributed by atoms with van der Waals surface area (Å²) in [5.41, 5.74) is 2.82. The molecule has 0 unspecified atom stereocenters. The fourth-order valence-corrected chi connectivity index (χ4v) is 3.62. The fourth-order valence-electron chi connectivity index (χ4n) is 3.62. The first-order chi connectivity index (χ1) is 15.7. The van der Waals surface area contributed by atoms with Gasteiger partial charge in [0.15, 0.2) is 36.4 Å². The largest absolute Gasteiger partial charge is 0.289 e. The molecule has 0 aliphatic carbocycles. The van der Waals surface area contributed by atoms with E-state index in [4.69, 9.17) is 0 Å². The molecule has 4 aromatic rings. The summed E-state index contributed by atoms with van der Waals surface area (Å²) in [5, 5.41) is 0. The molecule has 4 heteroatoms. The lowest BCUT2D eigenvalue weighted by Gasteiger charge is -2.02. The second-order valence-electron chi connectivity index (χ2n) is 7.75. The van der Waals surface area contributed by atoms with Gasteiger partial charge in [-0.2, -0.15) is 0 Å². The summed E-state index contributed by atoms with van der Waals surface area (Å²) in [6.45, 7) is 1.79. The maximum atomic E-state index is 12.5. The number of ketones is 2. The zero-order valence-corrected chi connectivity index (χ0v) is 17.9. The molecule has 0 fully saturated rings. The molecule has 0 bridgehead atoms. The predicted octanol–water partition coefficient (Wildman–Crippen LogP) is 4.20. The molecule has 0 N–H and O–H groups in total. The van der Waals surface area contributed by atoms with E-state index in [1.54, 1.807) is 0 Å². The van der Waals surface area contributed by atoms with Crippen molar-refractivity contribution in [2.75, 3.05) is 0 Å². The molecular formula is C28H26N2O2+2. The number of unbranched alkanes of at least 4 members (excludes halogenated alkanes) is 1. The minimum absolute atomic E-state index is 0.0448. The molecule has 0 spiro atoms. The van der Waals surface area contributed by atoms with Crippen LogP contribution in [-0.4, -0.2) is 11.6 Å². The zero-order valence-electron chi connectivity index (χ0n) is 17.9. The minimum Gasteiger partial charge on any atom is -0.289 e. The second kappa shape index (κ2) is 10.4. The molecule has 0 aliphatic rings. The van der Waals surface area contributed by atoms with Crippen molar-refractivity contribution in [3.05, 3.63) is 132 Å². The van der Waals surface area contributed by atoms with Gasteiger partial charge in [0, 0.05) is 59.4 Å². The number of hydrogen-bond acceptors (Lipinski definition) is 2. The molecule has 4 rings (SSSR count). The number of carbonyl (C=O) groups is 2. The van der Waals surface area contributed by atoms with Gasteiger partial charge in [0.2, 0.25) is 0 Å². The smallest absolute Gasteiger partial charge is 0.193 e. The van der Waals surface area contributed by atoms with Crippen LogP contribution in [0.5, 0.6) is 0 Å². The topological polar surface area (TPSA) is 41.9 Å². The number of pyridine rings is 2. The number of aromatic nitrogens is 2. The number of rotatable bonds is 9. The Hall–Kier alpha value is -3.92. The Kier molecular flexibility index (Phi) is 6.93. The molecule has 0 amide bonds. The van der Waals surface area contributed by atoms with E-state index >= 15 is 0 Å². The van der Waals surface area contributed by atoms with Gasteiger partial charge in [0.05, 0.1) is 0 Å². The zero-order chi connectivity index (χ0) is 22.2. The Morgan fingerprint density at radius 3 is 1.12 bits per heavy atom. The third-order valence-electron chi connectivity index (χ3n) is 5.46. The molecule has 0 radical (unpaired) electrons. The Morgan fingerprint density at radius 2 is 0.781 bits per heavy atom.